The minimum Gasteiger partial charge on any atom is -0.504 e. The summed E-state index contributed by atoms with van der Waals surface area (Å²) in [4.78, 5) is 0. The van der Waals surface area contributed by atoms with Crippen molar-refractivity contribution < 1.29 is 5.11 Å². The average molecular weight is 182 g/mol. The van der Waals surface area contributed by atoms with E-state index < -0.39 is 0 Å². The second-order valence-electron chi connectivity index (χ2n) is 3.67. The molecule has 0 aromatic carbocycles. The Balaban J connectivity index is 2.71. The molecule has 0 aliphatic heterocycles. The minimum absolute atomic E-state index is 0.294. The van der Waals surface area contributed by atoms with Gasteiger partial charge in [-0.1, -0.05) is 27.2 Å². The number of unbranched alkanes of at least 4 members (excludes halogenated alkanes) is 1. The summed E-state index contributed by atoms with van der Waals surface area (Å²) in [7, 11) is 0. The Morgan fingerprint density at radius 2 is 2.23 bits per heavy atom. The molecule has 3 nitrogen and oxygen atoms in total. The molecule has 0 unspecified atom stereocenters. The second kappa shape index (κ2) is 4.30. The highest BCUT2D eigenvalue weighted by atomic mass is 16.3. The summed E-state index contributed by atoms with van der Waals surface area (Å²) < 4.78 is 1.83. The molecule has 0 amide bonds. The van der Waals surface area contributed by atoms with Crippen molar-refractivity contribution >= 4 is 0 Å². The minimum atomic E-state index is 0.294. The fourth-order valence-electron chi connectivity index (χ4n) is 1.27. The van der Waals surface area contributed by atoms with Gasteiger partial charge in [-0.3, -0.25) is 4.68 Å². The highest BCUT2D eigenvalue weighted by Gasteiger charge is 2.10. The van der Waals surface area contributed by atoms with E-state index in [1.165, 1.54) is 0 Å². The van der Waals surface area contributed by atoms with Gasteiger partial charge in [0, 0.05) is 12.5 Å². The monoisotopic (exact) mass is 182 g/mol. The van der Waals surface area contributed by atoms with Crippen molar-refractivity contribution in [1.29, 1.82) is 0 Å². The molecule has 13 heavy (non-hydrogen) atoms. The summed E-state index contributed by atoms with van der Waals surface area (Å²) in [6.07, 6.45) is 3.97. The molecular formula is C10H18N2O. The highest BCUT2D eigenvalue weighted by Crippen LogP contribution is 2.22. The summed E-state index contributed by atoms with van der Waals surface area (Å²) in [5.74, 6) is 0.619. The van der Waals surface area contributed by atoms with Crippen LogP contribution in [0.5, 0.6) is 5.75 Å². The van der Waals surface area contributed by atoms with Gasteiger partial charge in [0.2, 0.25) is 0 Å². The Morgan fingerprint density at radius 1 is 1.54 bits per heavy atom. The Hall–Kier alpha value is -0.990. The Bertz CT molecular complexity index is 266. The van der Waals surface area contributed by atoms with Crippen LogP contribution < -0.4 is 0 Å². The largest absolute Gasteiger partial charge is 0.504 e. The summed E-state index contributed by atoms with van der Waals surface area (Å²) in [6.45, 7) is 7.11. The predicted molar refractivity (Wildman–Crippen MR) is 52.9 cm³/mol. The first-order valence-corrected chi connectivity index (χ1v) is 4.91. The molecule has 1 aromatic rings. The number of aryl methyl sites for hydroxylation is 1. The molecule has 1 heterocycles. The zero-order chi connectivity index (χ0) is 9.84. The molecule has 0 aliphatic carbocycles. The van der Waals surface area contributed by atoms with Gasteiger partial charge in [-0.05, 0) is 6.42 Å². The van der Waals surface area contributed by atoms with Gasteiger partial charge in [0.25, 0.3) is 0 Å². The Labute approximate surface area is 79.4 Å². The zero-order valence-electron chi connectivity index (χ0n) is 8.62. The molecule has 0 aliphatic rings. The maximum absolute atomic E-state index is 9.52. The molecule has 0 bridgehead atoms. The van der Waals surface area contributed by atoms with Crippen molar-refractivity contribution in [2.45, 2.75) is 46.1 Å². The van der Waals surface area contributed by atoms with Gasteiger partial charge in [-0.15, -0.1) is 0 Å². The van der Waals surface area contributed by atoms with E-state index in [1.54, 1.807) is 6.20 Å². The van der Waals surface area contributed by atoms with E-state index >= 15 is 0 Å². The number of aromatic nitrogens is 2. The van der Waals surface area contributed by atoms with Gasteiger partial charge >= 0.3 is 0 Å². The quantitative estimate of drug-likeness (QED) is 0.777. The lowest BCUT2D eigenvalue weighted by molar-refractivity contribution is 0.464. The summed E-state index contributed by atoms with van der Waals surface area (Å²) in [6, 6.07) is 0. The summed E-state index contributed by atoms with van der Waals surface area (Å²) in [5, 5.41) is 13.8. The van der Waals surface area contributed by atoms with Crippen LogP contribution in [0.1, 0.15) is 45.2 Å². The Morgan fingerprint density at radius 3 is 2.69 bits per heavy atom. The lowest BCUT2D eigenvalue weighted by Crippen LogP contribution is -1.99. The van der Waals surface area contributed by atoms with Gasteiger partial charge in [-0.25, -0.2) is 0 Å². The number of hydrogen-bond donors (Lipinski definition) is 1. The van der Waals surface area contributed by atoms with E-state index in [1.807, 2.05) is 18.5 Å². The standard InChI is InChI=1S/C10H18N2O/c1-4-5-6-12-7-9(13)10(11-12)8(2)3/h7-8,13H,4-6H2,1-3H3. The highest BCUT2D eigenvalue weighted by molar-refractivity contribution is 5.25. The van der Waals surface area contributed by atoms with Crippen molar-refractivity contribution in [3.63, 3.8) is 0 Å². The van der Waals surface area contributed by atoms with E-state index in [0.29, 0.717) is 11.7 Å². The van der Waals surface area contributed by atoms with Crippen LogP contribution in [0.15, 0.2) is 6.20 Å². The van der Waals surface area contributed by atoms with Gasteiger partial charge in [0.15, 0.2) is 5.75 Å². The molecule has 0 spiro atoms. The number of aromatic hydroxyl groups is 1. The lowest BCUT2D eigenvalue weighted by atomic mass is 10.1. The topological polar surface area (TPSA) is 38.0 Å². The third kappa shape index (κ3) is 2.47. The number of nitrogens with zero attached hydrogens (tertiary/aromatic N) is 2. The van der Waals surface area contributed by atoms with Crippen LogP contribution >= 0.6 is 0 Å². The molecule has 1 aromatic heterocycles. The van der Waals surface area contributed by atoms with Gasteiger partial charge < -0.3 is 5.11 Å². The molecule has 0 saturated carbocycles. The maximum Gasteiger partial charge on any atom is 0.157 e. The van der Waals surface area contributed by atoms with Crippen LogP contribution in [0.3, 0.4) is 0 Å². The van der Waals surface area contributed by atoms with Gasteiger partial charge in [0.05, 0.1) is 6.20 Å². The van der Waals surface area contributed by atoms with E-state index in [9.17, 15) is 5.11 Å². The van der Waals surface area contributed by atoms with E-state index in [-0.39, 0.29) is 0 Å². The molecule has 1 rings (SSSR count). The molecule has 0 fully saturated rings. The summed E-state index contributed by atoms with van der Waals surface area (Å²) in [5.41, 5.74) is 0.802. The smallest absolute Gasteiger partial charge is 0.157 e. The van der Waals surface area contributed by atoms with Crippen molar-refractivity contribution in [2.75, 3.05) is 0 Å². The van der Waals surface area contributed by atoms with Crippen LogP contribution in [-0.2, 0) is 6.54 Å². The molecule has 1 N–H and O–H groups in total. The molecule has 0 radical (unpaired) electrons. The predicted octanol–water partition coefficient (Wildman–Crippen LogP) is 2.51. The average Bonchev–Trinajstić information content (AvgIpc) is 2.43. The maximum atomic E-state index is 9.52. The van der Waals surface area contributed by atoms with E-state index in [4.69, 9.17) is 0 Å². The molecule has 0 saturated heterocycles. The van der Waals surface area contributed by atoms with Gasteiger partial charge in [-0.2, -0.15) is 5.10 Å². The molecular weight excluding hydrogens is 164 g/mol. The first kappa shape index (κ1) is 10.1. The van der Waals surface area contributed by atoms with Crippen LogP contribution in [0.2, 0.25) is 0 Å². The number of hydrogen-bond acceptors (Lipinski definition) is 2. The summed E-state index contributed by atoms with van der Waals surface area (Å²) >= 11 is 0. The van der Waals surface area contributed by atoms with Crippen molar-refractivity contribution in [1.82, 2.24) is 9.78 Å². The first-order valence-electron chi connectivity index (χ1n) is 4.91. The SMILES string of the molecule is CCCCn1cc(O)c(C(C)C)n1. The van der Waals surface area contributed by atoms with Crippen molar-refractivity contribution in [2.24, 2.45) is 0 Å². The number of rotatable bonds is 4. The van der Waals surface area contributed by atoms with Crippen molar-refractivity contribution in [3.8, 4) is 5.75 Å². The molecule has 74 valence electrons. The normalized spacial score (nSPS) is 11.1. The molecule has 3 heteroatoms. The third-order valence-electron chi connectivity index (χ3n) is 2.06. The van der Waals surface area contributed by atoms with E-state index in [0.717, 1.165) is 25.1 Å². The van der Waals surface area contributed by atoms with Crippen LogP contribution in [0, 0.1) is 0 Å². The van der Waals surface area contributed by atoms with Crippen molar-refractivity contribution in [3.05, 3.63) is 11.9 Å². The van der Waals surface area contributed by atoms with Crippen LogP contribution in [-0.4, -0.2) is 14.9 Å². The first-order chi connectivity index (χ1) is 6.15. The fourth-order valence-corrected chi connectivity index (χ4v) is 1.27. The zero-order valence-corrected chi connectivity index (χ0v) is 8.62. The molecule has 0 atom stereocenters. The van der Waals surface area contributed by atoms with Crippen LogP contribution in [0.25, 0.3) is 0 Å². The van der Waals surface area contributed by atoms with Crippen LogP contribution in [0.4, 0.5) is 0 Å². The second-order valence-corrected chi connectivity index (χ2v) is 3.67. The third-order valence-corrected chi connectivity index (χ3v) is 2.06. The van der Waals surface area contributed by atoms with E-state index in [2.05, 4.69) is 12.0 Å². The lowest BCUT2D eigenvalue weighted by Gasteiger charge is -2.00. The Kier molecular flexibility index (Phi) is 3.34. The fraction of sp³-hybridized carbons (Fsp3) is 0.700. The van der Waals surface area contributed by atoms with Gasteiger partial charge in [0.1, 0.15) is 5.69 Å².